The van der Waals surface area contributed by atoms with Crippen LogP contribution in [0.2, 0.25) is 0 Å². The van der Waals surface area contributed by atoms with Crippen molar-refractivity contribution in [1.29, 1.82) is 0 Å². The molecule has 2 aliphatic heterocycles. The Bertz CT molecular complexity index is 1450. The van der Waals surface area contributed by atoms with Crippen LogP contribution >= 0.6 is 23.5 Å². The number of hydrogen-bond donors (Lipinski definition) is 5. The zero-order chi connectivity index (χ0) is 36.3. The van der Waals surface area contributed by atoms with E-state index in [-0.39, 0.29) is 42.3 Å². The first kappa shape index (κ1) is 40.4. The van der Waals surface area contributed by atoms with Crippen molar-refractivity contribution in [3.8, 4) is 5.75 Å². The quantitative estimate of drug-likeness (QED) is 0.0430. The summed E-state index contributed by atoms with van der Waals surface area (Å²) >= 11 is 3.09. The maximum Gasteiger partial charge on any atom is 0.346 e. The first-order chi connectivity index (χ1) is 24.8. The molecule has 2 fully saturated rings. The number of urea groups is 1. The Hall–Kier alpha value is -3.35. The minimum absolute atomic E-state index is 0.0236. The van der Waals surface area contributed by atoms with Crippen LogP contribution in [0.1, 0.15) is 42.5 Å². The highest BCUT2D eigenvalue weighted by Gasteiger charge is 2.42. The predicted octanol–water partition coefficient (Wildman–Crippen LogP) is 1.90. The van der Waals surface area contributed by atoms with Crippen LogP contribution in [-0.2, 0) is 41.7 Å². The molecule has 4 amide bonds. The Morgan fingerprint density at radius 3 is 2.35 bits per heavy atom. The van der Waals surface area contributed by atoms with Gasteiger partial charge >= 0.3 is 11.7 Å². The summed E-state index contributed by atoms with van der Waals surface area (Å²) in [5, 5.41) is 12.6. The Kier molecular flexibility index (Phi) is 17.9. The van der Waals surface area contributed by atoms with Crippen molar-refractivity contribution in [2.24, 2.45) is 0 Å². The van der Waals surface area contributed by atoms with E-state index in [2.05, 4.69) is 31.2 Å². The van der Waals surface area contributed by atoms with Crippen molar-refractivity contribution in [1.82, 2.24) is 31.2 Å². The monoisotopic (exact) mass is 750 g/mol. The number of H-pyrrole nitrogens is 1. The highest BCUT2D eigenvalue weighted by atomic mass is 32.2. The second-order valence-electron chi connectivity index (χ2n) is 12.0. The number of aromatic nitrogens is 2. The summed E-state index contributed by atoms with van der Waals surface area (Å²) in [6, 6.07) is 7.82. The average molecular weight is 751 g/mol. The van der Waals surface area contributed by atoms with E-state index in [1.165, 1.54) is 11.8 Å². The van der Waals surface area contributed by atoms with Crippen LogP contribution in [-0.4, -0.2) is 117 Å². The fraction of sp³-hybridized carbons (Fsp3) is 0.618. The van der Waals surface area contributed by atoms with Crippen molar-refractivity contribution >= 4 is 41.4 Å². The molecule has 0 aliphatic carbocycles. The van der Waals surface area contributed by atoms with Gasteiger partial charge in [0.05, 0.1) is 83.5 Å². The van der Waals surface area contributed by atoms with Crippen molar-refractivity contribution in [3.05, 3.63) is 51.6 Å². The maximum atomic E-state index is 12.4. The number of carbonyl (C=O) groups is 3. The van der Waals surface area contributed by atoms with E-state index in [4.69, 9.17) is 23.7 Å². The number of amides is 4. The summed E-state index contributed by atoms with van der Waals surface area (Å²) in [7, 11) is 1.60. The molecule has 15 nitrogen and oxygen atoms in total. The van der Waals surface area contributed by atoms with Crippen molar-refractivity contribution in [2.75, 3.05) is 71.4 Å². The third-order valence-electron chi connectivity index (χ3n) is 8.23. The number of unbranched alkanes of at least 4 members (excludes halogenated alkanes) is 1. The zero-order valence-electron chi connectivity index (χ0n) is 29.3. The number of benzene rings is 1. The van der Waals surface area contributed by atoms with Gasteiger partial charge in [-0.05, 0) is 37.5 Å². The smallest absolute Gasteiger partial charge is 0.346 e. The topological polar surface area (TPSA) is 191 Å². The lowest BCUT2D eigenvalue weighted by atomic mass is 10.0. The largest absolute Gasteiger partial charge is 0.497 e. The molecule has 2 aliphatic rings. The highest BCUT2D eigenvalue weighted by molar-refractivity contribution is 8.00. The SMILES string of the molecule is COc1ccc(CNC(=O)CSc2nc(=O)[nH]c(COCCOCCOCCOCCNC(=O)CCCC[C@@H]3SC[C@@H]4NC(=O)N[C@@H]43)c2C)cc1. The lowest BCUT2D eigenvalue weighted by molar-refractivity contribution is -0.121. The van der Waals surface area contributed by atoms with Gasteiger partial charge in [-0.2, -0.15) is 16.7 Å². The molecule has 0 bridgehead atoms. The molecule has 17 heteroatoms. The first-order valence-corrected chi connectivity index (χ1v) is 19.2. The minimum Gasteiger partial charge on any atom is -0.497 e. The lowest BCUT2D eigenvalue weighted by Gasteiger charge is -2.16. The molecule has 2 saturated heterocycles. The molecule has 2 aromatic rings. The van der Waals surface area contributed by atoms with Gasteiger partial charge in [-0.15, -0.1) is 0 Å². The molecule has 1 aromatic carbocycles. The van der Waals surface area contributed by atoms with Gasteiger partial charge < -0.3 is 49.9 Å². The molecule has 0 unspecified atom stereocenters. The van der Waals surface area contributed by atoms with E-state index in [1.54, 1.807) is 7.11 Å². The van der Waals surface area contributed by atoms with Gasteiger partial charge in [0.15, 0.2) is 0 Å². The fourth-order valence-electron chi connectivity index (χ4n) is 5.43. The molecule has 0 saturated carbocycles. The molecule has 3 atom stereocenters. The van der Waals surface area contributed by atoms with Crippen LogP contribution < -0.4 is 31.7 Å². The van der Waals surface area contributed by atoms with Crippen molar-refractivity contribution in [2.45, 2.75) is 68.1 Å². The van der Waals surface area contributed by atoms with Crippen LogP contribution in [0, 0.1) is 6.92 Å². The number of aromatic amines is 1. The van der Waals surface area contributed by atoms with E-state index in [9.17, 15) is 19.2 Å². The van der Waals surface area contributed by atoms with Crippen LogP contribution in [0.4, 0.5) is 4.79 Å². The number of carbonyl (C=O) groups excluding carboxylic acids is 3. The van der Waals surface area contributed by atoms with Gasteiger partial charge in [0.25, 0.3) is 0 Å². The molecule has 4 rings (SSSR count). The first-order valence-electron chi connectivity index (χ1n) is 17.2. The molecule has 5 N–H and O–H groups in total. The van der Waals surface area contributed by atoms with Gasteiger partial charge in [0, 0.05) is 36.1 Å². The molecule has 0 radical (unpaired) electrons. The summed E-state index contributed by atoms with van der Waals surface area (Å²) in [4.78, 5) is 54.8. The van der Waals surface area contributed by atoms with Crippen LogP contribution in [0.15, 0.2) is 34.1 Å². The number of fused-ring (bicyclic) bond motifs is 1. The summed E-state index contributed by atoms with van der Waals surface area (Å²) in [5.74, 6) is 1.68. The van der Waals surface area contributed by atoms with Gasteiger partial charge in [-0.3, -0.25) is 9.59 Å². The fourth-order valence-corrected chi connectivity index (χ4v) is 7.83. The van der Waals surface area contributed by atoms with Crippen molar-refractivity contribution in [3.63, 3.8) is 0 Å². The highest BCUT2D eigenvalue weighted by Crippen LogP contribution is 2.33. The lowest BCUT2D eigenvalue weighted by Crippen LogP contribution is -2.36. The number of nitrogens with one attached hydrogen (secondary N) is 5. The van der Waals surface area contributed by atoms with Crippen LogP contribution in [0.5, 0.6) is 5.75 Å². The number of methoxy groups -OCH3 is 1. The molecular formula is C34H50N6O9S2. The number of hydrogen-bond acceptors (Lipinski definition) is 12. The summed E-state index contributed by atoms with van der Waals surface area (Å²) in [6.07, 6.45) is 3.27. The third kappa shape index (κ3) is 14.7. The Balaban J connectivity index is 0.933. The van der Waals surface area contributed by atoms with E-state index in [0.29, 0.717) is 81.7 Å². The second kappa shape index (κ2) is 22.6. The van der Waals surface area contributed by atoms with Gasteiger partial charge in [0.1, 0.15) is 10.8 Å². The standard InChI is InChI=1S/C34H50N6O9S2/c1-23-26(37-34(44)40-32(23)51-22-30(42)36-19-24-7-9-25(45-2)10-8-24)20-49-18-17-48-16-15-47-14-13-46-12-11-35-29(41)6-4-3-5-28-31-27(21-50-28)38-33(43)39-31/h7-10,27-28,31H,3-6,11-22H2,1-2H3,(H,35,41)(H,36,42)(H,37,40,44)(H2,38,39,43)/t27-,28-,31-/m0/s1. The van der Waals surface area contributed by atoms with Crippen LogP contribution in [0.3, 0.4) is 0 Å². The number of nitrogens with zero attached hydrogens (tertiary/aromatic N) is 1. The second-order valence-corrected chi connectivity index (χ2v) is 14.2. The maximum absolute atomic E-state index is 12.4. The summed E-state index contributed by atoms with van der Waals surface area (Å²) < 4.78 is 27.4. The van der Waals surface area contributed by atoms with Gasteiger partial charge in [-0.25, -0.2) is 9.59 Å². The van der Waals surface area contributed by atoms with E-state index < -0.39 is 5.69 Å². The van der Waals surface area contributed by atoms with E-state index in [0.717, 1.165) is 41.9 Å². The van der Waals surface area contributed by atoms with E-state index >= 15 is 0 Å². The van der Waals surface area contributed by atoms with E-state index in [1.807, 2.05) is 43.0 Å². The molecule has 282 valence electrons. The number of ether oxygens (including phenoxy) is 5. The number of thioether (sulfide) groups is 2. The molecule has 1 aromatic heterocycles. The van der Waals surface area contributed by atoms with Gasteiger partial charge in [0.2, 0.25) is 11.8 Å². The molecular weight excluding hydrogens is 701 g/mol. The Labute approximate surface area is 306 Å². The van der Waals surface area contributed by atoms with Crippen molar-refractivity contribution < 1.29 is 38.1 Å². The zero-order valence-corrected chi connectivity index (χ0v) is 30.9. The average Bonchev–Trinajstić information content (AvgIpc) is 3.69. The predicted molar refractivity (Wildman–Crippen MR) is 194 cm³/mol. The summed E-state index contributed by atoms with van der Waals surface area (Å²) in [6.45, 7) is 5.62. The molecule has 3 heterocycles. The molecule has 0 spiro atoms. The Morgan fingerprint density at radius 1 is 0.922 bits per heavy atom. The normalized spacial score (nSPS) is 17.8. The Morgan fingerprint density at radius 2 is 1.63 bits per heavy atom. The van der Waals surface area contributed by atoms with Crippen LogP contribution in [0.25, 0.3) is 0 Å². The third-order valence-corrected chi connectivity index (χ3v) is 10.8. The molecule has 51 heavy (non-hydrogen) atoms. The summed E-state index contributed by atoms with van der Waals surface area (Å²) in [5.41, 5.74) is 1.81. The number of rotatable bonds is 25. The minimum atomic E-state index is -0.498. The van der Waals surface area contributed by atoms with Gasteiger partial charge in [-0.1, -0.05) is 30.3 Å².